The van der Waals surface area contributed by atoms with Gasteiger partial charge in [-0.1, -0.05) is 18.2 Å². The molecule has 1 heterocycles. The average Bonchev–Trinajstić information content (AvgIpc) is 3.13. The normalized spacial score (nSPS) is 19.0. The summed E-state index contributed by atoms with van der Waals surface area (Å²) < 4.78 is 11.4. The summed E-state index contributed by atoms with van der Waals surface area (Å²) in [6, 6.07) is 9.71. The Bertz CT molecular complexity index is 494. The Morgan fingerprint density at radius 1 is 1.39 bits per heavy atom. The van der Waals surface area contributed by atoms with Gasteiger partial charge in [0.05, 0.1) is 6.10 Å². The van der Waals surface area contributed by atoms with Gasteiger partial charge in [-0.2, -0.15) is 0 Å². The summed E-state index contributed by atoms with van der Waals surface area (Å²) in [6.07, 6.45) is 1.49. The highest BCUT2D eigenvalue weighted by atomic mass is 16.5. The van der Waals surface area contributed by atoms with Crippen molar-refractivity contribution >= 4 is 11.0 Å². The third-order valence-electron chi connectivity index (χ3n) is 3.49. The Balaban J connectivity index is 1.87. The van der Waals surface area contributed by atoms with Crippen molar-refractivity contribution in [1.29, 1.82) is 0 Å². The third-order valence-corrected chi connectivity index (χ3v) is 3.49. The average molecular weight is 246 g/mol. The van der Waals surface area contributed by atoms with Crippen LogP contribution in [0.1, 0.15) is 31.6 Å². The fourth-order valence-corrected chi connectivity index (χ4v) is 2.41. The van der Waals surface area contributed by atoms with Gasteiger partial charge in [0, 0.05) is 12.0 Å². The highest BCUT2D eigenvalue weighted by Gasteiger charge is 2.38. The lowest BCUT2D eigenvalue weighted by Gasteiger charge is -2.20. The van der Waals surface area contributed by atoms with E-state index in [0.29, 0.717) is 18.3 Å². The summed E-state index contributed by atoms with van der Waals surface area (Å²) >= 11 is 0. The molecule has 3 rings (SSSR count). The van der Waals surface area contributed by atoms with E-state index in [1.807, 2.05) is 37.3 Å². The van der Waals surface area contributed by atoms with E-state index in [1.54, 1.807) is 0 Å². The number of aliphatic hydroxyl groups excluding tert-OH is 1. The predicted molar refractivity (Wildman–Crippen MR) is 69.3 cm³/mol. The number of furan rings is 1. The molecule has 2 unspecified atom stereocenters. The van der Waals surface area contributed by atoms with Crippen molar-refractivity contribution in [2.24, 2.45) is 5.92 Å². The van der Waals surface area contributed by atoms with E-state index in [2.05, 4.69) is 0 Å². The van der Waals surface area contributed by atoms with Crippen LogP contribution in [-0.2, 0) is 4.74 Å². The summed E-state index contributed by atoms with van der Waals surface area (Å²) in [6.45, 7) is 2.58. The maximum Gasteiger partial charge on any atom is 0.138 e. The Morgan fingerprint density at radius 2 is 2.17 bits per heavy atom. The molecule has 0 saturated heterocycles. The van der Waals surface area contributed by atoms with Gasteiger partial charge in [-0.15, -0.1) is 0 Å². The zero-order chi connectivity index (χ0) is 12.5. The van der Waals surface area contributed by atoms with Gasteiger partial charge in [-0.25, -0.2) is 0 Å². The second-order valence-electron chi connectivity index (χ2n) is 4.89. The van der Waals surface area contributed by atoms with Gasteiger partial charge in [0.2, 0.25) is 0 Å². The molecule has 1 N–H and O–H groups in total. The highest BCUT2D eigenvalue weighted by Crippen LogP contribution is 2.40. The molecule has 1 aliphatic rings. The van der Waals surface area contributed by atoms with Gasteiger partial charge in [0.15, 0.2) is 0 Å². The summed E-state index contributed by atoms with van der Waals surface area (Å²) in [5, 5.41) is 11.4. The van der Waals surface area contributed by atoms with Crippen molar-refractivity contribution in [1.82, 2.24) is 0 Å². The van der Waals surface area contributed by atoms with Crippen molar-refractivity contribution < 1.29 is 14.3 Å². The summed E-state index contributed by atoms with van der Waals surface area (Å²) in [5.41, 5.74) is 0.817. The van der Waals surface area contributed by atoms with Crippen LogP contribution in [0.5, 0.6) is 0 Å². The second kappa shape index (κ2) is 4.75. The molecule has 96 valence electrons. The molecule has 0 amide bonds. The molecule has 3 nitrogen and oxygen atoms in total. The maximum absolute atomic E-state index is 10.4. The fourth-order valence-electron chi connectivity index (χ4n) is 2.41. The van der Waals surface area contributed by atoms with E-state index < -0.39 is 6.10 Å². The van der Waals surface area contributed by atoms with Gasteiger partial charge >= 0.3 is 0 Å². The van der Waals surface area contributed by atoms with E-state index >= 15 is 0 Å². The number of hydrogen-bond donors (Lipinski definition) is 1. The number of para-hydroxylation sites is 1. The highest BCUT2D eigenvalue weighted by molar-refractivity contribution is 5.77. The Kier molecular flexibility index (Phi) is 3.10. The SMILES string of the molecule is CCOC(C1CC1)C(O)c1cc2ccccc2o1. The van der Waals surface area contributed by atoms with Crippen LogP contribution in [0.3, 0.4) is 0 Å². The van der Waals surface area contributed by atoms with Crippen molar-refractivity contribution in [3.8, 4) is 0 Å². The maximum atomic E-state index is 10.4. The number of benzene rings is 1. The quantitative estimate of drug-likeness (QED) is 0.880. The van der Waals surface area contributed by atoms with Gasteiger partial charge < -0.3 is 14.3 Å². The minimum absolute atomic E-state index is 0.129. The first-order valence-corrected chi connectivity index (χ1v) is 6.57. The van der Waals surface area contributed by atoms with Crippen LogP contribution in [0.25, 0.3) is 11.0 Å². The van der Waals surface area contributed by atoms with Crippen molar-refractivity contribution in [3.63, 3.8) is 0 Å². The molecule has 18 heavy (non-hydrogen) atoms. The number of rotatable bonds is 5. The Hall–Kier alpha value is -1.32. The zero-order valence-corrected chi connectivity index (χ0v) is 10.5. The molecule has 0 aliphatic heterocycles. The largest absolute Gasteiger partial charge is 0.458 e. The smallest absolute Gasteiger partial charge is 0.138 e. The van der Waals surface area contributed by atoms with Crippen molar-refractivity contribution in [2.45, 2.75) is 32.0 Å². The minimum Gasteiger partial charge on any atom is -0.458 e. The molecule has 1 aliphatic carbocycles. The van der Waals surface area contributed by atoms with Crippen molar-refractivity contribution in [3.05, 3.63) is 36.1 Å². The lowest BCUT2D eigenvalue weighted by Crippen LogP contribution is -2.24. The van der Waals surface area contributed by atoms with E-state index in [0.717, 1.165) is 23.8 Å². The monoisotopic (exact) mass is 246 g/mol. The molecule has 2 aromatic rings. The third kappa shape index (κ3) is 2.16. The van der Waals surface area contributed by atoms with E-state index in [4.69, 9.17) is 9.15 Å². The summed E-state index contributed by atoms with van der Waals surface area (Å²) in [4.78, 5) is 0. The molecule has 3 heteroatoms. The molecule has 2 atom stereocenters. The van der Waals surface area contributed by atoms with Crippen LogP contribution in [0.2, 0.25) is 0 Å². The van der Waals surface area contributed by atoms with Crippen LogP contribution in [-0.4, -0.2) is 17.8 Å². The molecular formula is C15H18O3. The first-order valence-electron chi connectivity index (χ1n) is 6.57. The standard InChI is InChI=1S/C15H18O3/c1-2-17-15(10-7-8-10)14(16)13-9-11-5-3-4-6-12(11)18-13/h3-6,9-10,14-16H,2,7-8H2,1H3. The van der Waals surface area contributed by atoms with E-state index in [1.165, 1.54) is 0 Å². The number of aliphatic hydroxyl groups is 1. The number of fused-ring (bicyclic) bond motifs is 1. The number of hydrogen-bond acceptors (Lipinski definition) is 3. The van der Waals surface area contributed by atoms with E-state index in [-0.39, 0.29) is 6.10 Å². The molecule has 1 aromatic heterocycles. The molecule has 1 fully saturated rings. The van der Waals surface area contributed by atoms with Crippen LogP contribution in [0, 0.1) is 5.92 Å². The lowest BCUT2D eigenvalue weighted by atomic mass is 10.1. The molecular weight excluding hydrogens is 228 g/mol. The van der Waals surface area contributed by atoms with Crippen molar-refractivity contribution in [2.75, 3.05) is 6.61 Å². The zero-order valence-electron chi connectivity index (χ0n) is 10.5. The van der Waals surface area contributed by atoms with Crippen LogP contribution in [0.4, 0.5) is 0 Å². The summed E-state index contributed by atoms with van der Waals surface area (Å²) in [7, 11) is 0. The van der Waals surface area contributed by atoms with Crippen LogP contribution < -0.4 is 0 Å². The topological polar surface area (TPSA) is 42.6 Å². The van der Waals surface area contributed by atoms with Gasteiger partial charge in [-0.05, 0) is 37.8 Å². The predicted octanol–water partition coefficient (Wildman–Crippen LogP) is 3.28. The van der Waals surface area contributed by atoms with Crippen LogP contribution in [0.15, 0.2) is 34.7 Å². The Labute approximate surface area is 106 Å². The molecule has 0 radical (unpaired) electrons. The molecule has 1 aromatic carbocycles. The first-order chi connectivity index (χ1) is 8.79. The van der Waals surface area contributed by atoms with Gasteiger partial charge in [0.1, 0.15) is 17.4 Å². The van der Waals surface area contributed by atoms with E-state index in [9.17, 15) is 5.11 Å². The van der Waals surface area contributed by atoms with Gasteiger partial charge in [0.25, 0.3) is 0 Å². The number of ether oxygens (including phenoxy) is 1. The van der Waals surface area contributed by atoms with Gasteiger partial charge in [-0.3, -0.25) is 0 Å². The molecule has 0 bridgehead atoms. The Morgan fingerprint density at radius 3 is 2.83 bits per heavy atom. The lowest BCUT2D eigenvalue weighted by molar-refractivity contribution is -0.0538. The summed E-state index contributed by atoms with van der Waals surface area (Å²) in [5.74, 6) is 1.09. The first kappa shape index (κ1) is 11.8. The second-order valence-corrected chi connectivity index (χ2v) is 4.89. The van der Waals surface area contributed by atoms with Crippen LogP contribution >= 0.6 is 0 Å². The molecule has 0 spiro atoms. The molecule has 1 saturated carbocycles. The fraction of sp³-hybridized carbons (Fsp3) is 0.467. The minimum atomic E-state index is -0.662.